The first-order valence-corrected chi connectivity index (χ1v) is 4.27. The zero-order valence-corrected chi connectivity index (χ0v) is 7.82. The molecule has 1 heterocycles. The number of rotatable bonds is 0. The van der Waals surface area contributed by atoms with E-state index in [1.165, 1.54) is 0 Å². The third kappa shape index (κ3) is 1.06. The van der Waals surface area contributed by atoms with Gasteiger partial charge in [-0.1, -0.05) is 17.7 Å². The Morgan fingerprint density at radius 3 is 2.91 bits per heavy atom. The van der Waals surface area contributed by atoms with Crippen LogP contribution in [-0.2, 0) is 0 Å². The van der Waals surface area contributed by atoms with E-state index >= 15 is 0 Å². The fourth-order valence-corrected chi connectivity index (χ4v) is 1.89. The van der Waals surface area contributed by atoms with Crippen molar-refractivity contribution in [1.82, 2.24) is 0 Å². The number of hydrogen-bond donors (Lipinski definition) is 0. The highest BCUT2D eigenvalue weighted by atomic mass is 79.9. The van der Waals surface area contributed by atoms with Crippen LogP contribution >= 0.6 is 27.5 Å². The van der Waals surface area contributed by atoms with E-state index in [0.717, 1.165) is 15.4 Å². The molecule has 0 aliphatic carbocycles. The molecule has 0 atom stereocenters. The molecule has 0 saturated heterocycles. The lowest BCUT2D eigenvalue weighted by Crippen LogP contribution is -1.65. The minimum Gasteiger partial charge on any atom is -0.463 e. The maximum absolute atomic E-state index is 5.91. The molecule has 0 aliphatic heterocycles. The van der Waals surface area contributed by atoms with Crippen LogP contribution in [0.5, 0.6) is 0 Å². The summed E-state index contributed by atoms with van der Waals surface area (Å²) in [6.45, 7) is 0. The van der Waals surface area contributed by atoms with E-state index in [-0.39, 0.29) is 0 Å². The predicted molar refractivity (Wildman–Crippen MR) is 48.9 cm³/mol. The second kappa shape index (κ2) is 2.54. The highest BCUT2D eigenvalue weighted by molar-refractivity contribution is 9.10. The molecule has 0 bridgehead atoms. The molecule has 3 heteroatoms. The van der Waals surface area contributed by atoms with E-state index < -0.39 is 0 Å². The van der Waals surface area contributed by atoms with Crippen molar-refractivity contribution < 1.29 is 4.42 Å². The van der Waals surface area contributed by atoms with E-state index in [1.54, 1.807) is 6.26 Å². The summed E-state index contributed by atoms with van der Waals surface area (Å²) in [6.07, 6.45) is 1.64. The van der Waals surface area contributed by atoms with Crippen LogP contribution in [0.3, 0.4) is 0 Å². The van der Waals surface area contributed by atoms with Gasteiger partial charge in [-0.15, -0.1) is 0 Å². The van der Waals surface area contributed by atoms with Crippen molar-refractivity contribution in [3.63, 3.8) is 0 Å². The van der Waals surface area contributed by atoms with Gasteiger partial charge >= 0.3 is 0 Å². The molecule has 1 nitrogen and oxygen atoms in total. The van der Waals surface area contributed by atoms with Crippen LogP contribution in [0.2, 0.25) is 5.02 Å². The summed E-state index contributed by atoms with van der Waals surface area (Å²) in [7, 11) is 0. The van der Waals surface area contributed by atoms with Crippen molar-refractivity contribution >= 4 is 38.5 Å². The lowest BCUT2D eigenvalue weighted by Gasteiger charge is -1.90. The minimum absolute atomic E-state index is 0.711. The average molecular weight is 231 g/mol. The molecular formula is C8H4BrClO. The van der Waals surface area contributed by atoms with Crippen molar-refractivity contribution in [1.29, 1.82) is 0 Å². The number of furan rings is 1. The van der Waals surface area contributed by atoms with Gasteiger partial charge in [0.25, 0.3) is 0 Å². The van der Waals surface area contributed by atoms with Gasteiger partial charge in [-0.3, -0.25) is 0 Å². The van der Waals surface area contributed by atoms with Gasteiger partial charge in [0.15, 0.2) is 0 Å². The first-order valence-electron chi connectivity index (χ1n) is 3.10. The molecule has 0 aliphatic rings. The molecular weight excluding hydrogens is 227 g/mol. The Morgan fingerprint density at radius 1 is 1.36 bits per heavy atom. The molecule has 11 heavy (non-hydrogen) atoms. The molecule has 56 valence electrons. The first kappa shape index (κ1) is 7.19. The van der Waals surface area contributed by atoms with Gasteiger partial charge in [0.2, 0.25) is 0 Å². The molecule has 0 N–H and O–H groups in total. The summed E-state index contributed by atoms with van der Waals surface area (Å²) >= 11 is 9.25. The first-order chi connectivity index (χ1) is 5.29. The maximum atomic E-state index is 5.91. The van der Waals surface area contributed by atoms with Gasteiger partial charge < -0.3 is 4.42 Å². The molecule has 0 amide bonds. The fourth-order valence-electron chi connectivity index (χ4n) is 1.01. The van der Waals surface area contributed by atoms with Crippen LogP contribution in [0, 0.1) is 0 Å². The summed E-state index contributed by atoms with van der Waals surface area (Å²) in [5.74, 6) is 0. The minimum atomic E-state index is 0.711. The van der Waals surface area contributed by atoms with Crippen LogP contribution in [0.4, 0.5) is 0 Å². The number of halogens is 2. The van der Waals surface area contributed by atoms with E-state index in [4.69, 9.17) is 16.0 Å². The van der Waals surface area contributed by atoms with Crippen molar-refractivity contribution in [2.24, 2.45) is 0 Å². The van der Waals surface area contributed by atoms with Gasteiger partial charge in [0, 0.05) is 0 Å². The second-order valence-corrected chi connectivity index (χ2v) is 3.46. The van der Waals surface area contributed by atoms with Gasteiger partial charge in [-0.2, -0.15) is 0 Å². The van der Waals surface area contributed by atoms with Gasteiger partial charge in [-0.05, 0) is 28.1 Å². The van der Waals surface area contributed by atoms with Crippen molar-refractivity contribution in [3.05, 3.63) is 34.0 Å². The SMILES string of the molecule is Clc1cccc2occ(Br)c12. The molecule has 0 spiro atoms. The Kier molecular flexibility index (Phi) is 1.66. The number of fused-ring (bicyclic) bond motifs is 1. The molecule has 0 unspecified atom stereocenters. The Balaban J connectivity index is 2.96. The van der Waals surface area contributed by atoms with Crippen LogP contribution in [-0.4, -0.2) is 0 Å². The quantitative estimate of drug-likeness (QED) is 0.671. The van der Waals surface area contributed by atoms with Gasteiger partial charge in [-0.25, -0.2) is 0 Å². The lowest BCUT2D eigenvalue weighted by atomic mass is 10.3. The molecule has 0 radical (unpaired) electrons. The zero-order valence-electron chi connectivity index (χ0n) is 5.47. The van der Waals surface area contributed by atoms with Crippen LogP contribution in [0.15, 0.2) is 33.4 Å². The Morgan fingerprint density at radius 2 is 2.18 bits per heavy atom. The van der Waals surface area contributed by atoms with Crippen LogP contribution in [0.25, 0.3) is 11.0 Å². The normalized spacial score (nSPS) is 10.7. The van der Waals surface area contributed by atoms with E-state index in [9.17, 15) is 0 Å². The largest absolute Gasteiger partial charge is 0.463 e. The van der Waals surface area contributed by atoms with Crippen molar-refractivity contribution in [2.45, 2.75) is 0 Å². The van der Waals surface area contributed by atoms with Crippen LogP contribution in [0.1, 0.15) is 0 Å². The molecule has 1 aromatic heterocycles. The van der Waals surface area contributed by atoms with Gasteiger partial charge in [0.05, 0.1) is 14.9 Å². The summed E-state index contributed by atoms with van der Waals surface area (Å²) in [5.41, 5.74) is 0.810. The average Bonchev–Trinajstić information content (AvgIpc) is 2.34. The zero-order chi connectivity index (χ0) is 7.84. The standard InChI is InChI=1S/C8H4BrClO/c9-5-4-11-7-3-1-2-6(10)8(5)7/h1-4H. The third-order valence-electron chi connectivity index (χ3n) is 1.50. The second-order valence-electron chi connectivity index (χ2n) is 2.20. The molecule has 0 fully saturated rings. The predicted octanol–water partition coefficient (Wildman–Crippen LogP) is 3.85. The Hall–Kier alpha value is -0.470. The number of hydrogen-bond acceptors (Lipinski definition) is 1. The lowest BCUT2D eigenvalue weighted by molar-refractivity contribution is 0.614. The van der Waals surface area contributed by atoms with E-state index in [1.807, 2.05) is 18.2 Å². The smallest absolute Gasteiger partial charge is 0.136 e. The topological polar surface area (TPSA) is 13.1 Å². The summed E-state index contributed by atoms with van der Waals surface area (Å²) in [6, 6.07) is 5.58. The Labute approximate surface area is 77.1 Å². The highest BCUT2D eigenvalue weighted by Crippen LogP contribution is 2.31. The monoisotopic (exact) mass is 230 g/mol. The molecule has 1 aromatic carbocycles. The summed E-state index contributed by atoms with van der Waals surface area (Å²) in [5, 5.41) is 1.65. The molecule has 0 saturated carbocycles. The summed E-state index contributed by atoms with van der Waals surface area (Å²) < 4.78 is 6.10. The van der Waals surface area contributed by atoms with E-state index in [2.05, 4.69) is 15.9 Å². The summed E-state index contributed by atoms with van der Waals surface area (Å²) in [4.78, 5) is 0. The fraction of sp³-hybridized carbons (Fsp3) is 0. The van der Waals surface area contributed by atoms with Crippen molar-refractivity contribution in [2.75, 3.05) is 0 Å². The third-order valence-corrected chi connectivity index (χ3v) is 2.40. The van der Waals surface area contributed by atoms with Crippen molar-refractivity contribution in [3.8, 4) is 0 Å². The van der Waals surface area contributed by atoms with Gasteiger partial charge in [0.1, 0.15) is 11.8 Å². The number of benzene rings is 1. The maximum Gasteiger partial charge on any atom is 0.136 e. The molecule has 2 rings (SSSR count). The molecule has 2 aromatic rings. The highest BCUT2D eigenvalue weighted by Gasteiger charge is 2.05. The Bertz CT molecular complexity index is 394. The van der Waals surface area contributed by atoms with E-state index in [0.29, 0.717) is 5.02 Å². The van der Waals surface area contributed by atoms with Crippen LogP contribution < -0.4 is 0 Å².